The fourth-order valence-electron chi connectivity index (χ4n) is 5.00. The summed E-state index contributed by atoms with van der Waals surface area (Å²) in [6, 6.07) is 0. The van der Waals surface area contributed by atoms with E-state index in [2.05, 4.69) is 39.1 Å². The van der Waals surface area contributed by atoms with Crippen molar-refractivity contribution in [1.82, 2.24) is 0 Å². The maximum absolute atomic E-state index is 12.8. The topological polar surface area (TPSA) is 52.6 Å². The molecule has 0 aromatic rings. The average molecular weight is 696 g/mol. The monoisotopic (exact) mass is 696 g/mol. The fourth-order valence-corrected chi connectivity index (χ4v) is 9.49. The molecule has 0 radical (unpaired) electrons. The Morgan fingerprint density at radius 2 is 0.769 bits per heavy atom. The SMILES string of the molecule is CCCCCCCCCCCCC(CS)C(=O)[O][Sn]([CH3])([CH3])[O]C(=O)C(CS)CCCCCCCCCCCC. The minimum Gasteiger partial charge on any atom is -0.0654 e. The Hall–Kier alpha value is 0.439. The van der Waals surface area contributed by atoms with Crippen molar-refractivity contribution in [2.45, 2.75) is 165 Å². The van der Waals surface area contributed by atoms with Gasteiger partial charge in [0.15, 0.2) is 0 Å². The van der Waals surface area contributed by atoms with Gasteiger partial charge in [-0.3, -0.25) is 0 Å². The number of carbonyl (C=O) groups excluding carboxylic acids is 2. The van der Waals surface area contributed by atoms with Crippen LogP contribution in [0.25, 0.3) is 0 Å². The van der Waals surface area contributed by atoms with E-state index in [9.17, 15) is 9.59 Å². The summed E-state index contributed by atoms with van der Waals surface area (Å²) in [5.74, 6) is 0.0564. The zero-order valence-corrected chi connectivity index (χ0v) is 30.8. The van der Waals surface area contributed by atoms with Gasteiger partial charge in [0.05, 0.1) is 0 Å². The Kier molecular flexibility index (Phi) is 27.6. The molecule has 0 saturated heterocycles. The van der Waals surface area contributed by atoms with Crippen LogP contribution in [0.3, 0.4) is 0 Å². The van der Waals surface area contributed by atoms with Crippen molar-refractivity contribution in [2.75, 3.05) is 11.5 Å². The number of thiol groups is 2. The van der Waals surface area contributed by atoms with Crippen LogP contribution in [0, 0.1) is 11.8 Å². The van der Waals surface area contributed by atoms with Gasteiger partial charge in [-0.25, -0.2) is 0 Å². The second kappa shape index (κ2) is 27.3. The van der Waals surface area contributed by atoms with Gasteiger partial charge in [0.1, 0.15) is 0 Å². The van der Waals surface area contributed by atoms with Crippen molar-refractivity contribution >= 4 is 56.4 Å². The van der Waals surface area contributed by atoms with E-state index in [-0.39, 0.29) is 23.8 Å². The molecule has 0 aromatic carbocycles. The van der Waals surface area contributed by atoms with Crippen LogP contribution in [0.4, 0.5) is 0 Å². The van der Waals surface area contributed by atoms with E-state index in [1.54, 1.807) is 0 Å². The number of rotatable bonds is 28. The predicted octanol–water partition coefficient (Wildman–Crippen LogP) is 10.5. The Morgan fingerprint density at radius 3 is 1.03 bits per heavy atom. The molecule has 2 atom stereocenters. The Balaban J connectivity index is 4.17. The van der Waals surface area contributed by atoms with Gasteiger partial charge in [0, 0.05) is 0 Å². The van der Waals surface area contributed by atoms with E-state index < -0.39 is 19.2 Å². The van der Waals surface area contributed by atoms with Crippen LogP contribution in [-0.4, -0.2) is 42.6 Å². The maximum atomic E-state index is 12.8. The summed E-state index contributed by atoms with van der Waals surface area (Å²) < 4.78 is 11.7. The average Bonchev–Trinajstić information content (AvgIpc) is 2.89. The quantitative estimate of drug-likeness (QED) is 0.0486. The normalized spacial score (nSPS) is 13.3. The van der Waals surface area contributed by atoms with E-state index in [1.807, 2.05) is 9.88 Å². The van der Waals surface area contributed by atoms with E-state index in [1.165, 1.54) is 103 Å². The van der Waals surface area contributed by atoms with Gasteiger partial charge in [-0.2, -0.15) is 0 Å². The third-order valence-electron chi connectivity index (χ3n) is 7.61. The summed E-state index contributed by atoms with van der Waals surface area (Å²) in [6.45, 7) is 4.51. The molecule has 0 amide bonds. The van der Waals surface area contributed by atoms with E-state index in [4.69, 9.17) is 6.15 Å². The van der Waals surface area contributed by atoms with Crippen LogP contribution in [0.15, 0.2) is 0 Å². The minimum absolute atomic E-state index is 0.218. The number of hydrogen-bond acceptors (Lipinski definition) is 6. The predicted molar refractivity (Wildman–Crippen MR) is 177 cm³/mol. The number of unbranched alkanes of at least 4 members (excludes halogenated alkanes) is 18. The van der Waals surface area contributed by atoms with Gasteiger partial charge in [-0.05, 0) is 0 Å². The molecular formula is C32H64O4S2Sn. The van der Waals surface area contributed by atoms with Crippen LogP contribution < -0.4 is 0 Å². The molecule has 0 aromatic heterocycles. The van der Waals surface area contributed by atoms with E-state index >= 15 is 0 Å². The van der Waals surface area contributed by atoms with Crippen molar-refractivity contribution in [3.05, 3.63) is 0 Å². The molecule has 0 heterocycles. The second-order valence-corrected chi connectivity index (χ2v) is 21.8. The molecule has 0 aliphatic rings. The van der Waals surface area contributed by atoms with Crippen LogP contribution in [0.5, 0.6) is 0 Å². The molecule has 232 valence electrons. The van der Waals surface area contributed by atoms with Gasteiger partial charge in [0.2, 0.25) is 0 Å². The Bertz CT molecular complexity index is 541. The van der Waals surface area contributed by atoms with Crippen molar-refractivity contribution in [1.29, 1.82) is 0 Å². The fraction of sp³-hybridized carbons (Fsp3) is 0.938. The van der Waals surface area contributed by atoms with Crippen molar-refractivity contribution in [2.24, 2.45) is 11.8 Å². The summed E-state index contributed by atoms with van der Waals surface area (Å²) >= 11 is 5.08. The zero-order valence-electron chi connectivity index (χ0n) is 26.2. The van der Waals surface area contributed by atoms with Crippen molar-refractivity contribution in [3.63, 3.8) is 0 Å². The van der Waals surface area contributed by atoms with Gasteiger partial charge in [0.25, 0.3) is 0 Å². The zero-order chi connectivity index (χ0) is 29.2. The summed E-state index contributed by atoms with van der Waals surface area (Å²) in [5.41, 5.74) is 0. The third-order valence-corrected chi connectivity index (χ3v) is 12.4. The van der Waals surface area contributed by atoms with Crippen LogP contribution in [0.2, 0.25) is 9.88 Å². The molecule has 0 N–H and O–H groups in total. The van der Waals surface area contributed by atoms with Crippen molar-refractivity contribution < 1.29 is 15.7 Å². The first-order valence-corrected chi connectivity index (χ1v) is 25.8. The second-order valence-electron chi connectivity index (χ2n) is 11.9. The molecule has 0 spiro atoms. The molecule has 2 unspecified atom stereocenters. The first-order chi connectivity index (χ1) is 18.8. The third kappa shape index (κ3) is 23.7. The van der Waals surface area contributed by atoms with E-state index in [0.29, 0.717) is 11.5 Å². The summed E-state index contributed by atoms with van der Waals surface area (Å²) in [4.78, 5) is 29.4. The van der Waals surface area contributed by atoms with Crippen molar-refractivity contribution in [3.8, 4) is 0 Å². The standard InChI is InChI=1S/2C15H30O2S.2CH3.Sn/c2*1-2-3-4-5-6-7-8-9-10-11-12-14(13-18)15(16)17;;;/h2*14,18H,2-13H2,1H3,(H,16,17);2*1H3;/q;;;;+2/p-2. The molecule has 39 heavy (non-hydrogen) atoms. The summed E-state index contributed by atoms with van der Waals surface area (Å²) in [5, 5.41) is 0. The van der Waals surface area contributed by atoms with Gasteiger partial charge >= 0.3 is 221 Å². The molecule has 0 aliphatic heterocycles. The summed E-state index contributed by atoms with van der Waals surface area (Å²) in [6.07, 6.45) is 27.1. The number of carbonyl (C=O) groups is 2. The molecule has 0 rings (SSSR count). The molecule has 0 saturated carbocycles. The smallest absolute Gasteiger partial charge is 0.0654 e. The number of hydrogen-bond donors (Lipinski definition) is 2. The van der Waals surface area contributed by atoms with Crippen LogP contribution >= 0.6 is 25.3 Å². The minimum atomic E-state index is -3.75. The molecule has 0 aliphatic carbocycles. The Morgan fingerprint density at radius 1 is 0.513 bits per heavy atom. The molecule has 7 heteroatoms. The van der Waals surface area contributed by atoms with Gasteiger partial charge < -0.3 is 0 Å². The van der Waals surface area contributed by atoms with Gasteiger partial charge in [-0.1, -0.05) is 39.5 Å². The Labute approximate surface area is 259 Å². The summed E-state index contributed by atoms with van der Waals surface area (Å²) in [7, 11) is 0. The molecular weight excluding hydrogens is 631 g/mol. The molecule has 0 bridgehead atoms. The van der Waals surface area contributed by atoms with Gasteiger partial charge in [-0.15, -0.1) is 0 Å². The first kappa shape index (κ1) is 39.4. The molecule has 0 fully saturated rings. The van der Waals surface area contributed by atoms with E-state index in [0.717, 1.165) is 38.5 Å². The van der Waals surface area contributed by atoms with Crippen LogP contribution in [0.1, 0.15) is 155 Å². The molecule has 4 nitrogen and oxygen atoms in total. The first-order valence-electron chi connectivity index (χ1n) is 16.5. The van der Waals surface area contributed by atoms with Crippen LogP contribution in [-0.2, 0) is 15.7 Å².